The highest BCUT2D eigenvalue weighted by atomic mass is 32.2. The molecule has 0 amide bonds. The van der Waals surface area contributed by atoms with E-state index in [1.807, 2.05) is 6.07 Å². The summed E-state index contributed by atoms with van der Waals surface area (Å²) < 4.78 is 28.1. The van der Waals surface area contributed by atoms with Crippen molar-refractivity contribution in [2.75, 3.05) is 25.9 Å². The fraction of sp³-hybridized carbons (Fsp3) is 0.714. The summed E-state index contributed by atoms with van der Waals surface area (Å²) in [6.45, 7) is 4.44. The molecule has 0 spiro atoms. The Balaban J connectivity index is 1.93. The highest BCUT2D eigenvalue weighted by molar-refractivity contribution is 8.00. The molecule has 2 rings (SSSR count). The van der Waals surface area contributed by atoms with Gasteiger partial charge >= 0.3 is 0 Å². The smallest absolute Gasteiger partial charge is 0.250 e. The van der Waals surface area contributed by atoms with Crippen LogP contribution in [0, 0.1) is 0 Å². The van der Waals surface area contributed by atoms with Crippen molar-refractivity contribution in [2.24, 2.45) is 0 Å². The van der Waals surface area contributed by atoms with Crippen molar-refractivity contribution in [3.05, 3.63) is 17.0 Å². The molecule has 0 aliphatic heterocycles. The molecule has 21 heavy (non-hydrogen) atoms. The molecule has 0 saturated heterocycles. The van der Waals surface area contributed by atoms with E-state index in [2.05, 4.69) is 23.2 Å². The maximum atomic E-state index is 12.4. The van der Waals surface area contributed by atoms with Gasteiger partial charge in [0.25, 0.3) is 0 Å². The summed E-state index contributed by atoms with van der Waals surface area (Å²) in [5.74, 6) is 0. The van der Waals surface area contributed by atoms with Gasteiger partial charge in [-0.05, 0) is 50.7 Å². The normalized spacial score (nSPS) is 17.6. The summed E-state index contributed by atoms with van der Waals surface area (Å²) in [5, 5.41) is 3.25. The summed E-state index contributed by atoms with van der Waals surface area (Å²) in [6, 6.07) is 3.64. The van der Waals surface area contributed by atoms with Gasteiger partial charge < -0.3 is 5.32 Å². The molecule has 0 radical (unpaired) electrons. The zero-order chi connectivity index (χ0) is 15.3. The van der Waals surface area contributed by atoms with Gasteiger partial charge in [-0.3, -0.25) is 0 Å². The lowest BCUT2D eigenvalue weighted by atomic mass is 9.84. The first-order valence-corrected chi connectivity index (χ1v) is 10.9. The minimum absolute atomic E-state index is 0.123. The number of sulfonamides is 1. The molecule has 1 aromatic heterocycles. The maximum absolute atomic E-state index is 12.4. The second kappa shape index (κ2) is 7.46. The van der Waals surface area contributed by atoms with E-state index in [-0.39, 0.29) is 4.75 Å². The number of hydrogen-bond donors (Lipinski definition) is 2. The van der Waals surface area contributed by atoms with Crippen LogP contribution in [-0.4, -0.2) is 39.1 Å². The van der Waals surface area contributed by atoms with Gasteiger partial charge in [-0.2, -0.15) is 11.8 Å². The van der Waals surface area contributed by atoms with E-state index >= 15 is 0 Å². The van der Waals surface area contributed by atoms with E-state index in [0.717, 1.165) is 37.2 Å². The molecule has 1 fully saturated rings. The quantitative estimate of drug-likeness (QED) is 0.673. The van der Waals surface area contributed by atoms with E-state index in [1.54, 1.807) is 17.8 Å². The standard InChI is InChI=1S/C14H24N2O2S3/c1-3-15-10-7-12-5-6-13(20-12)21(17,18)16-11-14(19-2)8-4-9-14/h5-6,15-16H,3-4,7-11H2,1-2H3. The topological polar surface area (TPSA) is 58.2 Å². The maximum Gasteiger partial charge on any atom is 0.250 e. The lowest BCUT2D eigenvalue weighted by Gasteiger charge is -2.40. The van der Waals surface area contributed by atoms with Crippen molar-refractivity contribution in [1.82, 2.24) is 10.0 Å². The number of thioether (sulfide) groups is 1. The molecule has 2 N–H and O–H groups in total. The zero-order valence-electron chi connectivity index (χ0n) is 12.6. The van der Waals surface area contributed by atoms with Gasteiger partial charge in [0.15, 0.2) is 0 Å². The van der Waals surface area contributed by atoms with Crippen LogP contribution < -0.4 is 10.0 Å². The Bertz CT molecular complexity index is 545. The number of nitrogens with one attached hydrogen (secondary N) is 2. The van der Waals surface area contributed by atoms with Crippen LogP contribution >= 0.6 is 23.1 Å². The highest BCUT2D eigenvalue weighted by Gasteiger charge is 2.37. The fourth-order valence-electron chi connectivity index (χ4n) is 2.35. The Labute approximate surface area is 136 Å². The Morgan fingerprint density at radius 3 is 2.71 bits per heavy atom. The molecule has 4 nitrogen and oxygen atoms in total. The van der Waals surface area contributed by atoms with Gasteiger partial charge in [0.2, 0.25) is 10.0 Å². The Kier molecular flexibility index (Phi) is 6.14. The summed E-state index contributed by atoms with van der Waals surface area (Å²) in [6.07, 6.45) is 6.36. The van der Waals surface area contributed by atoms with Crippen LogP contribution in [0.15, 0.2) is 16.3 Å². The predicted molar refractivity (Wildman–Crippen MR) is 91.9 cm³/mol. The largest absolute Gasteiger partial charge is 0.317 e. The molecule has 1 aliphatic rings. The molecule has 1 aliphatic carbocycles. The molecular weight excluding hydrogens is 324 g/mol. The second-order valence-electron chi connectivity index (χ2n) is 5.39. The van der Waals surface area contributed by atoms with Crippen LogP contribution in [0.2, 0.25) is 0 Å². The summed E-state index contributed by atoms with van der Waals surface area (Å²) >= 11 is 3.16. The van der Waals surface area contributed by atoms with Crippen LogP contribution in [-0.2, 0) is 16.4 Å². The van der Waals surface area contributed by atoms with Crippen LogP contribution in [0.25, 0.3) is 0 Å². The molecule has 0 aromatic carbocycles. The monoisotopic (exact) mass is 348 g/mol. The van der Waals surface area contributed by atoms with E-state index in [4.69, 9.17) is 0 Å². The van der Waals surface area contributed by atoms with Gasteiger partial charge in [0.1, 0.15) is 4.21 Å². The number of thiophene rings is 1. The average molecular weight is 349 g/mol. The minimum Gasteiger partial charge on any atom is -0.317 e. The lowest BCUT2D eigenvalue weighted by molar-refractivity contribution is 0.362. The SMILES string of the molecule is CCNCCc1ccc(S(=O)(=O)NCC2(SC)CCC2)s1. The van der Waals surface area contributed by atoms with Crippen molar-refractivity contribution in [3.63, 3.8) is 0 Å². The molecular formula is C14H24N2O2S3. The predicted octanol–water partition coefficient (Wildman–Crippen LogP) is 2.46. The molecule has 0 unspecified atom stereocenters. The second-order valence-corrected chi connectivity index (χ2v) is 9.83. The Morgan fingerprint density at radius 1 is 1.38 bits per heavy atom. The van der Waals surface area contributed by atoms with Crippen LogP contribution in [0.3, 0.4) is 0 Å². The Morgan fingerprint density at radius 2 is 2.14 bits per heavy atom. The van der Waals surface area contributed by atoms with Gasteiger partial charge in [0.05, 0.1) is 0 Å². The van der Waals surface area contributed by atoms with Crippen molar-refractivity contribution in [2.45, 2.75) is 41.6 Å². The third kappa shape index (κ3) is 4.45. The third-order valence-corrected chi connectivity index (χ3v) is 8.44. The van der Waals surface area contributed by atoms with Crippen LogP contribution in [0.4, 0.5) is 0 Å². The molecule has 1 saturated carbocycles. The first-order chi connectivity index (χ1) is 10.0. The first kappa shape index (κ1) is 17.3. The number of likely N-dealkylation sites (N-methyl/N-ethyl adjacent to an activating group) is 1. The van der Waals surface area contributed by atoms with Crippen LogP contribution in [0.1, 0.15) is 31.1 Å². The zero-order valence-corrected chi connectivity index (χ0v) is 15.1. The van der Waals surface area contributed by atoms with E-state index in [0.29, 0.717) is 10.8 Å². The Hall–Kier alpha value is -0.0800. The fourth-order valence-corrected chi connectivity index (χ4v) is 5.88. The minimum atomic E-state index is -3.35. The van der Waals surface area contributed by atoms with Crippen molar-refractivity contribution >= 4 is 33.1 Å². The van der Waals surface area contributed by atoms with Crippen molar-refractivity contribution in [3.8, 4) is 0 Å². The number of hydrogen-bond acceptors (Lipinski definition) is 5. The van der Waals surface area contributed by atoms with E-state index < -0.39 is 10.0 Å². The summed E-state index contributed by atoms with van der Waals surface area (Å²) in [5.41, 5.74) is 0. The van der Waals surface area contributed by atoms with E-state index in [9.17, 15) is 8.42 Å². The third-order valence-electron chi connectivity index (χ3n) is 3.98. The van der Waals surface area contributed by atoms with Gasteiger partial charge in [-0.1, -0.05) is 13.3 Å². The van der Waals surface area contributed by atoms with Crippen molar-refractivity contribution < 1.29 is 8.42 Å². The van der Waals surface area contributed by atoms with E-state index in [1.165, 1.54) is 17.8 Å². The molecule has 1 aromatic rings. The van der Waals surface area contributed by atoms with Gasteiger partial charge in [0, 0.05) is 16.2 Å². The molecule has 0 atom stereocenters. The average Bonchev–Trinajstić information content (AvgIpc) is 2.88. The van der Waals surface area contributed by atoms with Gasteiger partial charge in [-0.25, -0.2) is 13.1 Å². The van der Waals surface area contributed by atoms with Crippen molar-refractivity contribution in [1.29, 1.82) is 0 Å². The van der Waals surface area contributed by atoms with Gasteiger partial charge in [-0.15, -0.1) is 11.3 Å². The lowest BCUT2D eigenvalue weighted by Crippen LogP contribution is -2.45. The molecule has 1 heterocycles. The highest BCUT2D eigenvalue weighted by Crippen LogP contribution is 2.42. The molecule has 120 valence electrons. The molecule has 7 heteroatoms. The summed E-state index contributed by atoms with van der Waals surface area (Å²) in [7, 11) is -3.35. The number of rotatable bonds is 9. The molecule has 0 bridgehead atoms. The first-order valence-electron chi connectivity index (χ1n) is 7.35. The summed E-state index contributed by atoms with van der Waals surface area (Å²) in [4.78, 5) is 1.11. The van der Waals surface area contributed by atoms with Crippen LogP contribution in [0.5, 0.6) is 0 Å².